The molecule has 3 heterocycles. The van der Waals surface area contributed by atoms with Crippen molar-refractivity contribution in [2.24, 2.45) is 11.7 Å². The lowest BCUT2D eigenvalue weighted by molar-refractivity contribution is -0.144. The van der Waals surface area contributed by atoms with Crippen molar-refractivity contribution in [2.75, 3.05) is 33.9 Å². The van der Waals surface area contributed by atoms with E-state index in [1.54, 1.807) is 14.0 Å². The molecule has 10 heteroatoms. The first kappa shape index (κ1) is 20.9. The number of primary amides is 1. The third-order valence-corrected chi connectivity index (χ3v) is 6.10. The van der Waals surface area contributed by atoms with Crippen LogP contribution in [-0.4, -0.2) is 89.3 Å². The fourth-order valence-corrected chi connectivity index (χ4v) is 4.92. The molecule has 156 valence electrons. The number of ether oxygens (including phenoxy) is 1. The van der Waals surface area contributed by atoms with Gasteiger partial charge in [0.25, 0.3) is 0 Å². The molecule has 0 spiro atoms. The van der Waals surface area contributed by atoms with Gasteiger partial charge in [0.1, 0.15) is 0 Å². The van der Waals surface area contributed by atoms with E-state index >= 15 is 0 Å². The number of aliphatic hydroxyl groups is 1. The summed E-state index contributed by atoms with van der Waals surface area (Å²) in [5, 5.41) is 20.2. The molecule has 0 aromatic rings. The number of Topliss-reactive ketones (excluding diaryl/α,β-unsaturated/α-hetero) is 2. The lowest BCUT2D eigenvalue weighted by Gasteiger charge is -2.40. The zero-order valence-corrected chi connectivity index (χ0v) is 16.4. The molecule has 3 aliphatic heterocycles. The maximum atomic E-state index is 13.1. The minimum atomic E-state index is -1.33. The van der Waals surface area contributed by atoms with E-state index < -0.39 is 17.7 Å². The fourth-order valence-electron chi connectivity index (χ4n) is 4.92. The molecule has 5 unspecified atom stereocenters. The molecule has 10 nitrogen and oxygen atoms in total. The number of likely N-dealkylation sites (N-methyl/N-ethyl adjacent to an activating group) is 1. The van der Waals surface area contributed by atoms with Crippen LogP contribution in [0, 0.1) is 18.3 Å². The van der Waals surface area contributed by atoms with Gasteiger partial charge in [-0.25, -0.2) is 4.79 Å². The second kappa shape index (κ2) is 7.18. The van der Waals surface area contributed by atoms with Crippen LogP contribution in [0.25, 0.3) is 0 Å². The number of carbonyl (C=O) groups is 3. The average molecular weight is 404 g/mol. The van der Waals surface area contributed by atoms with Crippen molar-refractivity contribution in [3.05, 3.63) is 22.5 Å². The molecule has 4 aliphatic rings. The number of amides is 1. The van der Waals surface area contributed by atoms with Gasteiger partial charge in [-0.2, -0.15) is 0 Å². The largest absolute Gasteiger partial charge is 0.465 e. The van der Waals surface area contributed by atoms with Crippen LogP contribution in [0.3, 0.4) is 0 Å². The highest BCUT2D eigenvalue weighted by Crippen LogP contribution is 2.58. The molecule has 5 atom stereocenters. The molecule has 0 aromatic carbocycles. The Morgan fingerprint density at radius 3 is 2.59 bits per heavy atom. The van der Waals surface area contributed by atoms with E-state index in [2.05, 4.69) is 21.9 Å². The van der Waals surface area contributed by atoms with E-state index in [-0.39, 0.29) is 42.5 Å². The van der Waals surface area contributed by atoms with Gasteiger partial charge in [-0.3, -0.25) is 14.5 Å². The number of methoxy groups -OCH3 is 1. The summed E-state index contributed by atoms with van der Waals surface area (Å²) in [6.45, 7) is 2.14. The van der Waals surface area contributed by atoms with Crippen molar-refractivity contribution in [1.29, 1.82) is 0 Å². The second-order valence-corrected chi connectivity index (χ2v) is 7.30. The number of aliphatic hydroxyl groups excluding tert-OH is 1. The number of carbonyl (C=O) groups excluding carboxylic acids is 2. The van der Waals surface area contributed by atoms with Crippen LogP contribution in [0.5, 0.6) is 0 Å². The number of terminal acetylenes is 1. The SMILES string of the molecule is C#CCNC1=C(C)C(=O)C2=C(C1=O)C(CO)C1(OC)C3C(CN21)N3C.NC(=O)O. The number of carboxylic acid groups (broad SMARTS) is 1. The van der Waals surface area contributed by atoms with Gasteiger partial charge in [0.05, 0.1) is 36.5 Å². The van der Waals surface area contributed by atoms with Crippen molar-refractivity contribution < 1.29 is 29.3 Å². The zero-order valence-electron chi connectivity index (χ0n) is 16.4. The van der Waals surface area contributed by atoms with Crippen LogP contribution < -0.4 is 11.1 Å². The Bertz CT molecular complexity index is 884. The first-order chi connectivity index (χ1) is 13.7. The number of hydrogen-bond acceptors (Lipinski definition) is 8. The van der Waals surface area contributed by atoms with Crippen LogP contribution in [0.4, 0.5) is 4.79 Å². The summed E-state index contributed by atoms with van der Waals surface area (Å²) >= 11 is 0. The van der Waals surface area contributed by atoms with Crippen molar-refractivity contribution in [2.45, 2.75) is 24.7 Å². The van der Waals surface area contributed by atoms with Gasteiger partial charge in [0.2, 0.25) is 11.6 Å². The summed E-state index contributed by atoms with van der Waals surface area (Å²) in [6, 6.07) is 0.333. The smallest absolute Gasteiger partial charge is 0.402 e. The molecule has 4 rings (SSSR count). The van der Waals surface area contributed by atoms with Crippen molar-refractivity contribution >= 4 is 17.7 Å². The summed E-state index contributed by atoms with van der Waals surface area (Å²) in [7, 11) is 3.57. The number of nitrogens with one attached hydrogen (secondary N) is 1. The highest BCUT2D eigenvalue weighted by atomic mass is 16.5. The number of fused-ring (bicyclic) bond motifs is 4. The number of hydrogen-bond donors (Lipinski definition) is 4. The maximum Gasteiger partial charge on any atom is 0.402 e. The van der Waals surface area contributed by atoms with Crippen LogP contribution in [0.15, 0.2) is 22.5 Å². The summed E-state index contributed by atoms with van der Waals surface area (Å²) < 4.78 is 5.90. The van der Waals surface area contributed by atoms with E-state index in [1.807, 2.05) is 11.9 Å². The Balaban J connectivity index is 0.000000552. The predicted molar refractivity (Wildman–Crippen MR) is 101 cm³/mol. The van der Waals surface area contributed by atoms with Crippen molar-refractivity contribution in [3.8, 4) is 12.3 Å². The lowest BCUT2D eigenvalue weighted by Crippen LogP contribution is -2.55. The molecule has 2 saturated heterocycles. The number of ketones is 2. The Kier molecular flexibility index (Phi) is 5.17. The molecule has 1 amide bonds. The number of allylic oxidation sites excluding steroid dienone is 2. The third-order valence-electron chi connectivity index (χ3n) is 6.10. The van der Waals surface area contributed by atoms with Gasteiger partial charge in [-0.1, -0.05) is 5.92 Å². The highest BCUT2D eigenvalue weighted by molar-refractivity contribution is 6.25. The predicted octanol–water partition coefficient (Wildman–Crippen LogP) is -1.52. The van der Waals surface area contributed by atoms with Crippen molar-refractivity contribution in [1.82, 2.24) is 15.1 Å². The van der Waals surface area contributed by atoms with E-state index in [9.17, 15) is 14.7 Å². The fraction of sp³-hybridized carbons (Fsp3) is 0.526. The Hall–Kier alpha value is -2.87. The summed E-state index contributed by atoms with van der Waals surface area (Å²) in [6.07, 6.45) is 3.94. The van der Waals surface area contributed by atoms with Gasteiger partial charge < -0.3 is 30.9 Å². The Labute approximate surface area is 168 Å². The van der Waals surface area contributed by atoms with Gasteiger partial charge in [-0.05, 0) is 14.0 Å². The van der Waals surface area contributed by atoms with Crippen LogP contribution in [0.2, 0.25) is 0 Å². The van der Waals surface area contributed by atoms with Gasteiger partial charge in [0, 0.05) is 30.8 Å². The minimum absolute atomic E-state index is 0.0586. The summed E-state index contributed by atoms with van der Waals surface area (Å²) in [5.41, 5.74) is 4.48. The van der Waals surface area contributed by atoms with Gasteiger partial charge in [-0.15, -0.1) is 6.42 Å². The summed E-state index contributed by atoms with van der Waals surface area (Å²) in [4.78, 5) is 39.0. The monoisotopic (exact) mass is 404 g/mol. The van der Waals surface area contributed by atoms with Gasteiger partial charge in [0.15, 0.2) is 5.72 Å². The zero-order chi connectivity index (χ0) is 21.7. The summed E-state index contributed by atoms with van der Waals surface area (Å²) in [5.74, 6) is 1.38. The Morgan fingerprint density at radius 2 is 2.07 bits per heavy atom. The van der Waals surface area contributed by atoms with Crippen LogP contribution >= 0.6 is 0 Å². The molecule has 0 saturated carbocycles. The van der Waals surface area contributed by atoms with E-state index in [0.29, 0.717) is 23.4 Å². The first-order valence-corrected chi connectivity index (χ1v) is 9.04. The topological polar surface area (TPSA) is 145 Å². The average Bonchev–Trinajstić information content (AvgIpc) is 3.05. The highest BCUT2D eigenvalue weighted by Gasteiger charge is 2.75. The number of nitrogens with two attached hydrogens (primary N) is 1. The van der Waals surface area contributed by atoms with E-state index in [1.165, 1.54) is 0 Å². The molecule has 5 N–H and O–H groups in total. The van der Waals surface area contributed by atoms with E-state index in [4.69, 9.17) is 21.1 Å². The third kappa shape index (κ3) is 2.73. The van der Waals surface area contributed by atoms with Crippen LogP contribution in [-0.2, 0) is 14.3 Å². The maximum absolute atomic E-state index is 13.1. The first-order valence-electron chi connectivity index (χ1n) is 9.04. The molecule has 29 heavy (non-hydrogen) atoms. The van der Waals surface area contributed by atoms with Gasteiger partial charge >= 0.3 is 6.09 Å². The van der Waals surface area contributed by atoms with Crippen molar-refractivity contribution in [3.63, 3.8) is 0 Å². The molecule has 0 bridgehead atoms. The number of piperazine rings is 1. The lowest BCUT2D eigenvalue weighted by atomic mass is 9.82. The molecular formula is C19H24N4O6. The number of nitrogens with zero attached hydrogens (tertiary/aromatic N) is 2. The molecule has 0 aromatic heterocycles. The normalized spacial score (nSPS) is 34.1. The number of rotatable bonds is 4. The molecule has 0 radical (unpaired) electrons. The Morgan fingerprint density at radius 1 is 1.45 bits per heavy atom. The standard InChI is InChI=1S/C18H21N3O4.CH3NO2/c1-5-6-19-13-9(2)15(23)14-12(16(13)24)10(8-22)18(25-4)17-11(20(17)3)7-21(14)18;2-1(3)4/h1,10-11,17,19,22H,6-8H2,2-4H3;2H2,(H,3,4). The quantitative estimate of drug-likeness (QED) is 0.249. The van der Waals surface area contributed by atoms with Crippen LogP contribution in [0.1, 0.15) is 6.92 Å². The van der Waals surface area contributed by atoms with E-state index in [0.717, 1.165) is 0 Å². The molecular weight excluding hydrogens is 380 g/mol. The second-order valence-electron chi connectivity index (χ2n) is 7.30. The minimum Gasteiger partial charge on any atom is -0.465 e. The molecule has 2 fully saturated rings. The molecule has 1 aliphatic carbocycles.